The SMILES string of the molecule is c1ccc(-c2nc(-c3ccc(-c4cccnc4)cc3)nc(-c3ccccc3-c3ccc(-c4cc5ccc6cccc7c8cccc9ccc%10cccc(c(c4)c5c67)c%10c98)cc3)n2)cc1. The van der Waals surface area contributed by atoms with Crippen LogP contribution in [0.4, 0.5) is 0 Å². The van der Waals surface area contributed by atoms with Crippen LogP contribution in [0.25, 0.3) is 132 Å². The van der Waals surface area contributed by atoms with Crippen LogP contribution in [0, 0.1) is 0 Å². The van der Waals surface area contributed by atoms with Gasteiger partial charge in [0.05, 0.1) is 0 Å². The van der Waals surface area contributed by atoms with Gasteiger partial charge in [-0.3, -0.25) is 4.98 Å². The molecule has 0 aliphatic carbocycles. The Bertz CT molecular complexity index is 3910. The van der Waals surface area contributed by atoms with Crippen LogP contribution in [-0.2, 0) is 0 Å². The van der Waals surface area contributed by atoms with E-state index in [0.717, 1.165) is 44.5 Å². The molecule has 0 saturated carbocycles. The summed E-state index contributed by atoms with van der Waals surface area (Å²) < 4.78 is 0. The van der Waals surface area contributed by atoms with Crippen molar-refractivity contribution in [1.82, 2.24) is 19.9 Å². The first-order chi connectivity index (χ1) is 31.7. The molecule has 0 unspecified atom stereocenters. The van der Waals surface area contributed by atoms with Crippen LogP contribution in [0.3, 0.4) is 0 Å². The first-order valence-corrected chi connectivity index (χ1v) is 21.7. The number of rotatable bonds is 6. The van der Waals surface area contributed by atoms with Gasteiger partial charge in [0.2, 0.25) is 0 Å². The summed E-state index contributed by atoms with van der Waals surface area (Å²) in [6, 6.07) is 74.1. The predicted octanol–water partition coefficient (Wildman–Crippen LogP) is 15.6. The molecule has 2 aromatic heterocycles. The normalized spacial score (nSPS) is 11.8. The second-order valence-electron chi connectivity index (χ2n) is 16.6. The van der Waals surface area contributed by atoms with E-state index in [1.165, 1.54) is 70.2 Å². The zero-order valence-corrected chi connectivity index (χ0v) is 34.6. The van der Waals surface area contributed by atoms with Crippen LogP contribution in [0.15, 0.2) is 219 Å². The molecule has 64 heavy (non-hydrogen) atoms. The van der Waals surface area contributed by atoms with Gasteiger partial charge in [-0.1, -0.05) is 188 Å². The maximum Gasteiger partial charge on any atom is 0.164 e. The first-order valence-electron chi connectivity index (χ1n) is 21.7. The molecule has 4 heteroatoms. The third-order valence-electron chi connectivity index (χ3n) is 12.9. The molecule has 0 aliphatic heterocycles. The first kappa shape index (κ1) is 36.1. The Hall–Kier alpha value is -8.60. The van der Waals surface area contributed by atoms with Gasteiger partial charge in [-0.05, 0) is 116 Å². The van der Waals surface area contributed by atoms with Crippen molar-refractivity contribution < 1.29 is 0 Å². The van der Waals surface area contributed by atoms with Crippen LogP contribution >= 0.6 is 0 Å². The van der Waals surface area contributed by atoms with Crippen LogP contribution in [-0.4, -0.2) is 19.9 Å². The van der Waals surface area contributed by atoms with E-state index in [-0.39, 0.29) is 0 Å². The van der Waals surface area contributed by atoms with Crippen LogP contribution < -0.4 is 0 Å². The Labute approximate surface area is 369 Å². The van der Waals surface area contributed by atoms with Gasteiger partial charge in [0, 0.05) is 29.1 Å². The summed E-state index contributed by atoms with van der Waals surface area (Å²) >= 11 is 0. The third-order valence-corrected chi connectivity index (χ3v) is 12.9. The van der Waals surface area contributed by atoms with Gasteiger partial charge in [0.25, 0.3) is 0 Å². The van der Waals surface area contributed by atoms with Crippen LogP contribution in [0.5, 0.6) is 0 Å². The summed E-state index contributed by atoms with van der Waals surface area (Å²) in [5, 5.41) is 15.4. The van der Waals surface area contributed by atoms with Gasteiger partial charge in [-0.15, -0.1) is 0 Å². The molecule has 296 valence electrons. The largest absolute Gasteiger partial charge is 0.264 e. The summed E-state index contributed by atoms with van der Waals surface area (Å²) in [7, 11) is 0. The lowest BCUT2D eigenvalue weighted by Gasteiger charge is -2.17. The molecule has 0 bridgehead atoms. The molecule has 0 radical (unpaired) electrons. The van der Waals surface area contributed by atoms with Crippen molar-refractivity contribution in [3.05, 3.63) is 219 Å². The summed E-state index contributed by atoms with van der Waals surface area (Å²) in [4.78, 5) is 19.6. The Morgan fingerprint density at radius 2 is 0.719 bits per heavy atom. The summed E-state index contributed by atoms with van der Waals surface area (Å²) in [5.74, 6) is 1.87. The average Bonchev–Trinajstić information content (AvgIpc) is 3.37. The molecule has 0 saturated heterocycles. The van der Waals surface area contributed by atoms with Gasteiger partial charge >= 0.3 is 0 Å². The third kappa shape index (κ3) is 5.84. The maximum atomic E-state index is 5.15. The van der Waals surface area contributed by atoms with Crippen molar-refractivity contribution in [1.29, 1.82) is 0 Å². The summed E-state index contributed by atoms with van der Waals surface area (Å²) in [6.07, 6.45) is 3.67. The molecule has 11 aromatic carbocycles. The fraction of sp³-hybridized carbons (Fsp3) is 0. The number of fused-ring (bicyclic) bond motifs is 2. The van der Waals surface area contributed by atoms with Gasteiger partial charge in [0.1, 0.15) is 0 Å². The number of hydrogen-bond acceptors (Lipinski definition) is 4. The zero-order valence-electron chi connectivity index (χ0n) is 34.6. The monoisotopic (exact) mass is 812 g/mol. The molecular weight excluding hydrogens is 777 g/mol. The molecule has 0 atom stereocenters. The van der Waals surface area contributed by atoms with Gasteiger partial charge in [-0.25, -0.2) is 15.0 Å². The lowest BCUT2D eigenvalue weighted by molar-refractivity contribution is 1.07. The highest BCUT2D eigenvalue weighted by molar-refractivity contribution is 6.37. The van der Waals surface area contributed by atoms with Crippen molar-refractivity contribution in [3.63, 3.8) is 0 Å². The van der Waals surface area contributed by atoms with E-state index in [1.807, 2.05) is 42.6 Å². The Kier molecular flexibility index (Phi) is 8.18. The van der Waals surface area contributed by atoms with E-state index >= 15 is 0 Å². The van der Waals surface area contributed by atoms with Crippen molar-refractivity contribution in [3.8, 4) is 67.5 Å². The smallest absolute Gasteiger partial charge is 0.164 e. The standard InChI is InChI=1S/C60H36N4/c1-2-10-43(11-3-1)58-62-59(44-30-23-37(24-31-44)46-15-9-33-61-36-46)64-60(63-58)52-17-5-4-16-48(52)39-25-21-38(22-26-39)47-34-45-32-29-42-13-7-19-50-49-18-6-12-40-27-28-41-14-8-20-51(56(41)54(40)49)53(35-47)57(45)55(42)50/h1-36H. The molecule has 0 amide bonds. The zero-order chi connectivity index (χ0) is 42.1. The summed E-state index contributed by atoms with van der Waals surface area (Å²) in [5.41, 5.74) is 9.41. The Morgan fingerprint density at radius 1 is 0.250 bits per heavy atom. The number of benzene rings is 10. The Balaban J connectivity index is 0.952. The predicted molar refractivity (Wildman–Crippen MR) is 266 cm³/mol. The van der Waals surface area contributed by atoms with E-state index in [4.69, 9.17) is 15.0 Å². The van der Waals surface area contributed by atoms with E-state index < -0.39 is 0 Å². The van der Waals surface area contributed by atoms with Crippen molar-refractivity contribution in [2.24, 2.45) is 0 Å². The van der Waals surface area contributed by atoms with Gasteiger partial charge in [0.15, 0.2) is 17.5 Å². The maximum absolute atomic E-state index is 5.15. The van der Waals surface area contributed by atoms with E-state index in [0.29, 0.717) is 17.5 Å². The lowest BCUT2D eigenvalue weighted by atomic mass is 9.86. The van der Waals surface area contributed by atoms with Gasteiger partial charge in [-0.2, -0.15) is 0 Å². The highest BCUT2D eigenvalue weighted by atomic mass is 15.0. The van der Waals surface area contributed by atoms with Crippen molar-refractivity contribution in [2.45, 2.75) is 0 Å². The quantitative estimate of drug-likeness (QED) is 0.157. The van der Waals surface area contributed by atoms with Crippen LogP contribution in [0.2, 0.25) is 0 Å². The molecule has 0 aliphatic rings. The van der Waals surface area contributed by atoms with E-state index in [9.17, 15) is 0 Å². The molecule has 0 spiro atoms. The lowest BCUT2D eigenvalue weighted by Crippen LogP contribution is -2.01. The minimum atomic E-state index is 0.619. The fourth-order valence-corrected chi connectivity index (χ4v) is 9.91. The molecule has 0 N–H and O–H groups in total. The molecule has 0 fully saturated rings. The average molecular weight is 813 g/mol. The fourth-order valence-electron chi connectivity index (χ4n) is 9.91. The van der Waals surface area contributed by atoms with E-state index in [2.05, 4.69) is 175 Å². The second kappa shape index (κ2) is 14.5. The topological polar surface area (TPSA) is 51.6 Å². The summed E-state index contributed by atoms with van der Waals surface area (Å²) in [6.45, 7) is 0. The second-order valence-corrected chi connectivity index (χ2v) is 16.6. The number of hydrogen-bond donors (Lipinski definition) is 0. The molecule has 4 nitrogen and oxygen atoms in total. The number of pyridine rings is 1. The minimum absolute atomic E-state index is 0.619. The Morgan fingerprint density at radius 3 is 1.33 bits per heavy atom. The van der Waals surface area contributed by atoms with Gasteiger partial charge < -0.3 is 0 Å². The number of nitrogens with zero attached hydrogens (tertiary/aromatic N) is 4. The molecule has 13 rings (SSSR count). The highest BCUT2D eigenvalue weighted by Crippen LogP contribution is 2.45. The number of aromatic nitrogens is 4. The van der Waals surface area contributed by atoms with Crippen LogP contribution in [0.1, 0.15) is 0 Å². The van der Waals surface area contributed by atoms with Crippen molar-refractivity contribution >= 4 is 64.6 Å². The minimum Gasteiger partial charge on any atom is -0.264 e. The highest BCUT2D eigenvalue weighted by Gasteiger charge is 2.18. The molecule has 2 heterocycles. The molecular formula is C60H36N4. The van der Waals surface area contributed by atoms with E-state index in [1.54, 1.807) is 6.20 Å². The molecule has 13 aromatic rings. The van der Waals surface area contributed by atoms with Crippen molar-refractivity contribution in [2.75, 3.05) is 0 Å².